The quantitative estimate of drug-likeness (QED) is 0.553. The van der Waals surface area contributed by atoms with Gasteiger partial charge in [-0.05, 0) is 13.8 Å². The van der Waals surface area contributed by atoms with Crippen molar-refractivity contribution in [2.24, 2.45) is 0 Å². The minimum absolute atomic E-state index is 0.864. The average molecular weight is 148 g/mol. The van der Waals surface area contributed by atoms with Crippen molar-refractivity contribution >= 4 is 5.65 Å². The second-order valence-corrected chi connectivity index (χ2v) is 2.48. The zero-order valence-corrected chi connectivity index (χ0v) is 6.44. The van der Waals surface area contributed by atoms with E-state index in [9.17, 15) is 0 Å². The van der Waals surface area contributed by atoms with E-state index in [1.807, 2.05) is 13.8 Å². The third-order valence-electron chi connectivity index (χ3n) is 1.65. The summed E-state index contributed by atoms with van der Waals surface area (Å²) in [5, 5.41) is 4.02. The molecule has 0 atom stereocenters. The van der Waals surface area contributed by atoms with Crippen LogP contribution in [-0.4, -0.2) is 19.6 Å². The van der Waals surface area contributed by atoms with Gasteiger partial charge in [-0.1, -0.05) is 0 Å². The first-order chi connectivity index (χ1) is 5.29. The number of hydrogen-bond donors (Lipinski definition) is 0. The first-order valence-electron chi connectivity index (χ1n) is 3.41. The van der Waals surface area contributed by atoms with E-state index in [1.54, 1.807) is 10.7 Å². The van der Waals surface area contributed by atoms with Gasteiger partial charge in [-0.15, -0.1) is 0 Å². The molecule has 0 aliphatic carbocycles. The molecule has 0 spiro atoms. The van der Waals surface area contributed by atoms with E-state index in [1.165, 1.54) is 6.33 Å². The van der Waals surface area contributed by atoms with Crippen LogP contribution in [0.4, 0.5) is 0 Å². The highest BCUT2D eigenvalue weighted by atomic mass is 15.3. The molecule has 56 valence electrons. The van der Waals surface area contributed by atoms with Crippen LogP contribution in [0.25, 0.3) is 5.65 Å². The molecule has 0 radical (unpaired) electrons. The Labute approximate surface area is 63.9 Å². The van der Waals surface area contributed by atoms with Crippen LogP contribution in [0.5, 0.6) is 0 Å². The fourth-order valence-corrected chi connectivity index (χ4v) is 1.05. The van der Waals surface area contributed by atoms with Crippen LogP contribution < -0.4 is 0 Å². The summed E-state index contributed by atoms with van der Waals surface area (Å²) in [6.07, 6.45) is 3.34. The molecule has 0 bridgehead atoms. The Morgan fingerprint density at radius 2 is 2.09 bits per heavy atom. The van der Waals surface area contributed by atoms with Crippen molar-refractivity contribution in [3.05, 3.63) is 23.9 Å². The summed E-state index contributed by atoms with van der Waals surface area (Å²) < 4.78 is 1.73. The molecule has 0 amide bonds. The van der Waals surface area contributed by atoms with Gasteiger partial charge in [-0.25, -0.2) is 9.97 Å². The molecule has 4 nitrogen and oxygen atoms in total. The number of hydrogen-bond acceptors (Lipinski definition) is 3. The van der Waals surface area contributed by atoms with E-state index in [2.05, 4.69) is 15.1 Å². The zero-order valence-electron chi connectivity index (χ0n) is 6.44. The van der Waals surface area contributed by atoms with Gasteiger partial charge in [0.2, 0.25) is 0 Å². The van der Waals surface area contributed by atoms with Gasteiger partial charge in [0.25, 0.3) is 0 Å². The van der Waals surface area contributed by atoms with Gasteiger partial charge >= 0.3 is 0 Å². The molecule has 4 heteroatoms. The van der Waals surface area contributed by atoms with Gasteiger partial charge in [-0.3, -0.25) is 0 Å². The Balaban J connectivity index is 2.96. The number of fused-ring (bicyclic) bond motifs is 1. The predicted molar refractivity (Wildman–Crippen MR) is 40.3 cm³/mol. The van der Waals surface area contributed by atoms with Gasteiger partial charge in [0.15, 0.2) is 5.65 Å². The van der Waals surface area contributed by atoms with Crippen LogP contribution in [-0.2, 0) is 0 Å². The summed E-state index contributed by atoms with van der Waals surface area (Å²) in [4.78, 5) is 8.23. The lowest BCUT2D eigenvalue weighted by molar-refractivity contribution is 0.857. The monoisotopic (exact) mass is 148 g/mol. The molecule has 0 aliphatic heterocycles. The third-order valence-corrected chi connectivity index (χ3v) is 1.65. The molecule has 0 aliphatic rings. The molecular weight excluding hydrogens is 140 g/mol. The van der Waals surface area contributed by atoms with Crippen LogP contribution in [0, 0.1) is 13.8 Å². The van der Waals surface area contributed by atoms with Crippen molar-refractivity contribution in [1.29, 1.82) is 0 Å². The van der Waals surface area contributed by atoms with Gasteiger partial charge in [0.1, 0.15) is 12.2 Å². The van der Waals surface area contributed by atoms with Crippen LogP contribution in [0.3, 0.4) is 0 Å². The second kappa shape index (κ2) is 2.02. The minimum atomic E-state index is 0.864. The highest BCUT2D eigenvalue weighted by Gasteiger charge is 2.00. The Kier molecular flexibility index (Phi) is 1.15. The maximum atomic E-state index is 4.14. The summed E-state index contributed by atoms with van der Waals surface area (Å²) in [6, 6.07) is 0. The van der Waals surface area contributed by atoms with Crippen molar-refractivity contribution in [2.75, 3.05) is 0 Å². The number of nitrogens with zero attached hydrogens (tertiary/aromatic N) is 4. The topological polar surface area (TPSA) is 43.1 Å². The maximum Gasteiger partial charge on any atom is 0.161 e. The number of aromatic nitrogens is 4. The summed E-state index contributed by atoms with van der Waals surface area (Å²) in [5.74, 6) is 0.864. The van der Waals surface area contributed by atoms with E-state index >= 15 is 0 Å². The highest BCUT2D eigenvalue weighted by molar-refractivity contribution is 5.43. The lowest BCUT2D eigenvalue weighted by atomic mass is 10.4. The maximum absolute atomic E-state index is 4.14. The van der Waals surface area contributed by atoms with E-state index in [0.29, 0.717) is 0 Å². The fraction of sp³-hybridized carbons (Fsp3) is 0.286. The molecule has 2 heterocycles. The molecule has 11 heavy (non-hydrogen) atoms. The number of rotatable bonds is 0. The lowest BCUT2D eigenvalue weighted by Gasteiger charge is -1.97. The van der Waals surface area contributed by atoms with Crippen molar-refractivity contribution in [3.63, 3.8) is 0 Å². The Morgan fingerprint density at radius 1 is 1.27 bits per heavy atom. The summed E-state index contributed by atoms with van der Waals surface area (Å²) in [6.45, 7) is 3.87. The van der Waals surface area contributed by atoms with E-state index in [4.69, 9.17) is 0 Å². The number of aryl methyl sites for hydroxylation is 2. The minimum Gasteiger partial charge on any atom is -0.241 e. The molecule has 0 saturated carbocycles. The standard InChI is InChI=1S/C7H8N4/c1-5-3-8-6(2)11-7(5)9-4-10-11/h3-4H,1-2H3. The van der Waals surface area contributed by atoms with Gasteiger partial charge in [0.05, 0.1) is 0 Å². The molecule has 2 aromatic rings. The first-order valence-corrected chi connectivity index (χ1v) is 3.41. The summed E-state index contributed by atoms with van der Waals surface area (Å²) in [7, 11) is 0. The van der Waals surface area contributed by atoms with Gasteiger partial charge in [-0.2, -0.15) is 9.61 Å². The van der Waals surface area contributed by atoms with Crippen LogP contribution in [0.15, 0.2) is 12.5 Å². The molecule has 2 aromatic heterocycles. The smallest absolute Gasteiger partial charge is 0.161 e. The van der Waals surface area contributed by atoms with Crippen molar-refractivity contribution < 1.29 is 0 Å². The van der Waals surface area contributed by atoms with E-state index < -0.39 is 0 Å². The van der Waals surface area contributed by atoms with Crippen LogP contribution in [0.1, 0.15) is 11.4 Å². The van der Waals surface area contributed by atoms with Crippen molar-refractivity contribution in [3.8, 4) is 0 Å². The fourth-order valence-electron chi connectivity index (χ4n) is 1.05. The Bertz CT molecular complexity index is 354. The molecule has 0 fully saturated rings. The Hall–Kier alpha value is -1.45. The van der Waals surface area contributed by atoms with E-state index in [-0.39, 0.29) is 0 Å². The summed E-state index contributed by atoms with van der Waals surface area (Å²) >= 11 is 0. The lowest BCUT2D eigenvalue weighted by Crippen LogP contribution is -1.97. The largest absolute Gasteiger partial charge is 0.241 e. The molecular formula is C7H8N4. The molecule has 2 rings (SSSR count). The summed E-state index contributed by atoms with van der Waals surface area (Å²) in [5.41, 5.74) is 1.94. The molecule has 0 unspecified atom stereocenters. The zero-order chi connectivity index (χ0) is 7.84. The molecule has 0 aromatic carbocycles. The normalized spacial score (nSPS) is 10.7. The van der Waals surface area contributed by atoms with Crippen molar-refractivity contribution in [2.45, 2.75) is 13.8 Å². The molecule has 0 N–H and O–H groups in total. The van der Waals surface area contributed by atoms with Gasteiger partial charge in [0, 0.05) is 11.8 Å². The predicted octanol–water partition coefficient (Wildman–Crippen LogP) is 0.741. The van der Waals surface area contributed by atoms with E-state index in [0.717, 1.165) is 17.0 Å². The first kappa shape index (κ1) is 6.27. The van der Waals surface area contributed by atoms with Gasteiger partial charge < -0.3 is 0 Å². The Morgan fingerprint density at radius 3 is 2.82 bits per heavy atom. The third kappa shape index (κ3) is 0.790. The highest BCUT2D eigenvalue weighted by Crippen LogP contribution is 2.04. The molecule has 0 saturated heterocycles. The second-order valence-electron chi connectivity index (χ2n) is 2.48. The van der Waals surface area contributed by atoms with Crippen LogP contribution in [0.2, 0.25) is 0 Å². The average Bonchev–Trinajstić information content (AvgIpc) is 2.45. The van der Waals surface area contributed by atoms with Crippen molar-refractivity contribution in [1.82, 2.24) is 19.6 Å². The van der Waals surface area contributed by atoms with Crippen LogP contribution >= 0.6 is 0 Å². The SMILES string of the molecule is Cc1cnc(C)n2ncnc12.